The van der Waals surface area contributed by atoms with Gasteiger partial charge in [0.2, 0.25) is 5.92 Å². The molecule has 6 nitrogen and oxygen atoms in total. The summed E-state index contributed by atoms with van der Waals surface area (Å²) in [5.41, 5.74) is 0.722. The van der Waals surface area contributed by atoms with Crippen LogP contribution in [0.3, 0.4) is 0 Å². The zero-order valence-electron chi connectivity index (χ0n) is 14.1. The lowest BCUT2D eigenvalue weighted by atomic mass is 9.80. The number of rotatable bonds is 7. The Morgan fingerprint density at radius 2 is 1.96 bits per heavy atom. The fourth-order valence-corrected chi connectivity index (χ4v) is 3.11. The Kier molecular flexibility index (Phi) is 6.65. The third kappa shape index (κ3) is 6.09. The number of alkyl carbamates (subject to hydrolysis) is 1. The third-order valence-corrected chi connectivity index (χ3v) is 4.31. The summed E-state index contributed by atoms with van der Waals surface area (Å²) in [6, 6.07) is 7.50. The van der Waals surface area contributed by atoms with Gasteiger partial charge in [-0.3, -0.25) is 9.59 Å². The lowest BCUT2D eigenvalue weighted by molar-refractivity contribution is -0.141. The number of nitrogens with one attached hydrogen (secondary N) is 1. The molecule has 142 valence electrons. The smallest absolute Gasteiger partial charge is 0.408 e. The molecule has 26 heavy (non-hydrogen) atoms. The van der Waals surface area contributed by atoms with Gasteiger partial charge in [-0.1, -0.05) is 30.3 Å². The number of hydrogen-bond acceptors (Lipinski definition) is 4. The Morgan fingerprint density at radius 1 is 1.27 bits per heavy atom. The van der Waals surface area contributed by atoms with Gasteiger partial charge in [-0.05, 0) is 24.3 Å². The Bertz CT molecular complexity index is 650. The highest BCUT2D eigenvalue weighted by atomic mass is 19.3. The Hall–Kier alpha value is -2.51. The van der Waals surface area contributed by atoms with Crippen LogP contribution in [0.25, 0.3) is 0 Å². The van der Waals surface area contributed by atoms with Gasteiger partial charge in [0.05, 0.1) is 6.04 Å². The van der Waals surface area contributed by atoms with Gasteiger partial charge < -0.3 is 15.2 Å². The summed E-state index contributed by atoms with van der Waals surface area (Å²) < 4.78 is 32.4. The lowest BCUT2D eigenvalue weighted by Gasteiger charge is -2.33. The average molecular weight is 369 g/mol. The van der Waals surface area contributed by atoms with E-state index in [2.05, 4.69) is 5.32 Å². The van der Waals surface area contributed by atoms with Crippen LogP contribution in [0.5, 0.6) is 0 Å². The van der Waals surface area contributed by atoms with Crippen molar-refractivity contribution in [3.05, 3.63) is 35.9 Å². The van der Waals surface area contributed by atoms with Crippen LogP contribution in [-0.2, 0) is 20.9 Å². The second-order valence-electron chi connectivity index (χ2n) is 6.43. The number of alkyl halides is 2. The molecule has 0 heterocycles. The van der Waals surface area contributed by atoms with Crippen LogP contribution in [0, 0.1) is 5.92 Å². The molecular weight excluding hydrogens is 348 g/mol. The molecule has 8 heteroatoms. The maximum Gasteiger partial charge on any atom is 0.408 e. The van der Waals surface area contributed by atoms with Crippen molar-refractivity contribution in [2.45, 2.75) is 50.7 Å². The van der Waals surface area contributed by atoms with Crippen molar-refractivity contribution >= 4 is 17.8 Å². The molecule has 2 atom stereocenters. The predicted molar refractivity (Wildman–Crippen MR) is 87.7 cm³/mol. The van der Waals surface area contributed by atoms with Gasteiger partial charge in [0, 0.05) is 12.8 Å². The minimum absolute atomic E-state index is 0.0483. The number of benzene rings is 1. The maximum absolute atomic E-state index is 13.7. The van der Waals surface area contributed by atoms with E-state index < -0.39 is 48.6 Å². The molecule has 2 rings (SSSR count). The van der Waals surface area contributed by atoms with E-state index in [4.69, 9.17) is 9.84 Å². The molecule has 2 N–H and O–H groups in total. The van der Waals surface area contributed by atoms with Gasteiger partial charge in [0.1, 0.15) is 13.0 Å². The number of carboxylic acids is 1. The number of carbonyl (C=O) groups excluding carboxylic acids is 2. The molecule has 0 bridgehead atoms. The van der Waals surface area contributed by atoms with Gasteiger partial charge in [-0.25, -0.2) is 13.6 Å². The van der Waals surface area contributed by atoms with Crippen LogP contribution in [0.15, 0.2) is 30.3 Å². The maximum atomic E-state index is 13.7. The molecule has 0 aromatic heterocycles. The van der Waals surface area contributed by atoms with Crippen LogP contribution in [0.1, 0.15) is 37.7 Å². The fourth-order valence-electron chi connectivity index (χ4n) is 3.11. The normalized spacial score (nSPS) is 20.0. The van der Waals surface area contributed by atoms with Gasteiger partial charge in [-0.15, -0.1) is 0 Å². The summed E-state index contributed by atoms with van der Waals surface area (Å²) in [7, 11) is 0. The summed E-state index contributed by atoms with van der Waals surface area (Å²) in [6.07, 6.45) is -2.11. The molecule has 1 aromatic carbocycles. The number of amides is 1. The molecule has 2 unspecified atom stereocenters. The van der Waals surface area contributed by atoms with Gasteiger partial charge >= 0.3 is 12.1 Å². The number of carbonyl (C=O) groups is 3. The molecule has 1 aliphatic carbocycles. The number of aliphatic carboxylic acids is 1. The molecule has 1 amide bonds. The quantitative estimate of drug-likeness (QED) is 0.720. The Labute approximate surface area is 149 Å². The summed E-state index contributed by atoms with van der Waals surface area (Å²) in [5.74, 6) is -5.94. The molecule has 0 aliphatic heterocycles. The van der Waals surface area contributed by atoms with Crippen molar-refractivity contribution in [2.24, 2.45) is 5.92 Å². The molecule has 0 saturated heterocycles. The van der Waals surface area contributed by atoms with Crippen LogP contribution in [0.2, 0.25) is 0 Å². The summed E-state index contributed by atoms with van der Waals surface area (Å²) in [5, 5.41) is 11.1. The number of carboxylic acid groups (broad SMARTS) is 1. The molecule has 1 saturated carbocycles. The first-order valence-electron chi connectivity index (χ1n) is 8.36. The van der Waals surface area contributed by atoms with Gasteiger partial charge in [-0.2, -0.15) is 0 Å². The van der Waals surface area contributed by atoms with Crippen molar-refractivity contribution in [1.82, 2.24) is 5.32 Å². The SMILES string of the molecule is O=C(O)CC(=O)C(NC(=O)OCc1ccccc1)C1CCCC(F)(F)C1. The van der Waals surface area contributed by atoms with Crippen molar-refractivity contribution in [1.29, 1.82) is 0 Å². The molecule has 1 fully saturated rings. The largest absolute Gasteiger partial charge is 0.481 e. The predicted octanol–water partition coefficient (Wildman–Crippen LogP) is 3.15. The Balaban J connectivity index is 2.01. The lowest BCUT2D eigenvalue weighted by Crippen LogP contribution is -2.49. The molecular formula is C18H21F2NO5. The number of halogens is 2. The van der Waals surface area contributed by atoms with E-state index in [-0.39, 0.29) is 19.4 Å². The zero-order valence-corrected chi connectivity index (χ0v) is 14.1. The van der Waals surface area contributed by atoms with Crippen molar-refractivity contribution in [2.75, 3.05) is 0 Å². The summed E-state index contributed by atoms with van der Waals surface area (Å²) in [4.78, 5) is 35.0. The summed E-state index contributed by atoms with van der Waals surface area (Å²) in [6.45, 7) is -0.0483. The first-order valence-corrected chi connectivity index (χ1v) is 8.36. The summed E-state index contributed by atoms with van der Waals surface area (Å²) >= 11 is 0. The standard InChI is InChI=1S/C18H21F2NO5/c19-18(20)8-4-7-13(10-18)16(14(22)9-15(23)24)21-17(25)26-11-12-5-2-1-3-6-12/h1-3,5-6,13,16H,4,7-11H2,(H,21,25)(H,23,24). The van der Waals surface area contributed by atoms with E-state index in [1.54, 1.807) is 30.3 Å². The van der Waals surface area contributed by atoms with Crippen LogP contribution >= 0.6 is 0 Å². The van der Waals surface area contributed by atoms with E-state index in [0.29, 0.717) is 6.42 Å². The van der Waals surface area contributed by atoms with E-state index in [1.165, 1.54) is 0 Å². The van der Waals surface area contributed by atoms with Crippen molar-refractivity contribution in [3.8, 4) is 0 Å². The second kappa shape index (κ2) is 8.73. The molecule has 0 radical (unpaired) electrons. The highest BCUT2D eigenvalue weighted by Gasteiger charge is 2.42. The zero-order chi connectivity index (χ0) is 19.2. The third-order valence-electron chi connectivity index (χ3n) is 4.31. The monoisotopic (exact) mass is 369 g/mol. The number of hydrogen-bond donors (Lipinski definition) is 2. The highest BCUT2D eigenvalue weighted by molar-refractivity contribution is 5.99. The van der Waals surface area contributed by atoms with E-state index in [9.17, 15) is 23.2 Å². The first kappa shape index (κ1) is 19.8. The van der Waals surface area contributed by atoms with Gasteiger partial charge in [0.25, 0.3) is 0 Å². The highest BCUT2D eigenvalue weighted by Crippen LogP contribution is 2.38. The molecule has 0 spiro atoms. The first-order chi connectivity index (χ1) is 12.3. The van der Waals surface area contributed by atoms with Gasteiger partial charge in [0.15, 0.2) is 5.78 Å². The minimum Gasteiger partial charge on any atom is -0.481 e. The minimum atomic E-state index is -2.93. The number of Topliss-reactive ketones (excluding diaryl/α,β-unsaturated/α-hetero) is 1. The van der Waals surface area contributed by atoms with Crippen molar-refractivity contribution < 1.29 is 33.0 Å². The topological polar surface area (TPSA) is 92.7 Å². The van der Waals surface area contributed by atoms with Crippen LogP contribution in [-0.4, -0.2) is 34.9 Å². The van der Waals surface area contributed by atoms with E-state index in [1.807, 2.05) is 0 Å². The average Bonchev–Trinajstić information content (AvgIpc) is 2.57. The second-order valence-corrected chi connectivity index (χ2v) is 6.43. The van der Waals surface area contributed by atoms with Crippen molar-refractivity contribution in [3.63, 3.8) is 0 Å². The number of ketones is 1. The van der Waals surface area contributed by atoms with E-state index >= 15 is 0 Å². The molecule has 1 aromatic rings. The van der Waals surface area contributed by atoms with E-state index in [0.717, 1.165) is 5.56 Å². The fraction of sp³-hybridized carbons (Fsp3) is 0.500. The van der Waals surface area contributed by atoms with Crippen LogP contribution in [0.4, 0.5) is 13.6 Å². The van der Waals surface area contributed by atoms with Crippen LogP contribution < -0.4 is 5.32 Å². The Morgan fingerprint density at radius 3 is 2.58 bits per heavy atom. The molecule has 1 aliphatic rings. The number of ether oxygens (including phenoxy) is 1.